The number of halogens is 2. The van der Waals surface area contributed by atoms with E-state index in [0.29, 0.717) is 35.5 Å². The number of benzene rings is 5. The van der Waals surface area contributed by atoms with E-state index < -0.39 is 39.2 Å². The Balaban J connectivity index is 1.60. The smallest absolute Gasteiger partial charge is 0.269 e. The van der Waals surface area contributed by atoms with Gasteiger partial charge in [-0.3, -0.25) is 19.7 Å². The SMILES string of the molecule is CN(C(=O)C[C@H](c1ccc([N+](=O)[O-])cc1)N(C(=O)c1ccccc1)c1cc(Br)cc(Br)c1)S(=O)(=O)c1ccc2ccccc2c1. The highest BCUT2D eigenvalue weighted by molar-refractivity contribution is 9.11. The van der Waals surface area contributed by atoms with Gasteiger partial charge in [-0.1, -0.05) is 92.5 Å². The molecule has 5 rings (SSSR count). The normalized spacial score (nSPS) is 12.0. The van der Waals surface area contributed by atoms with E-state index in [4.69, 9.17) is 0 Å². The van der Waals surface area contributed by atoms with Crippen molar-refractivity contribution in [3.8, 4) is 0 Å². The van der Waals surface area contributed by atoms with Crippen LogP contribution in [0.3, 0.4) is 0 Å². The monoisotopic (exact) mass is 749 g/mol. The molecule has 9 nitrogen and oxygen atoms in total. The molecule has 12 heteroatoms. The van der Waals surface area contributed by atoms with E-state index in [0.717, 1.165) is 5.39 Å². The Morgan fingerprint density at radius 1 is 0.800 bits per heavy atom. The molecule has 0 fully saturated rings. The van der Waals surface area contributed by atoms with E-state index >= 15 is 0 Å². The first-order valence-corrected chi connectivity index (χ1v) is 16.6. The van der Waals surface area contributed by atoms with Crippen LogP contribution in [0.4, 0.5) is 11.4 Å². The van der Waals surface area contributed by atoms with Gasteiger partial charge in [-0.05, 0) is 58.8 Å². The molecule has 2 amide bonds. The first-order valence-electron chi connectivity index (χ1n) is 13.6. The third kappa shape index (κ3) is 6.98. The highest BCUT2D eigenvalue weighted by atomic mass is 79.9. The second-order valence-corrected chi connectivity index (χ2v) is 13.9. The maximum absolute atomic E-state index is 14.2. The third-order valence-corrected chi connectivity index (χ3v) is 9.95. The van der Waals surface area contributed by atoms with E-state index in [1.54, 1.807) is 66.7 Å². The van der Waals surface area contributed by atoms with Gasteiger partial charge >= 0.3 is 0 Å². The number of hydrogen-bond acceptors (Lipinski definition) is 6. The zero-order valence-electron chi connectivity index (χ0n) is 23.7. The lowest BCUT2D eigenvalue weighted by atomic mass is 9.99. The quantitative estimate of drug-likeness (QED) is 0.112. The average Bonchev–Trinajstić information content (AvgIpc) is 3.03. The predicted molar refractivity (Wildman–Crippen MR) is 179 cm³/mol. The number of amides is 2. The van der Waals surface area contributed by atoms with Gasteiger partial charge in [0.2, 0.25) is 5.91 Å². The van der Waals surface area contributed by atoms with Crippen molar-refractivity contribution in [2.24, 2.45) is 0 Å². The van der Waals surface area contributed by atoms with Gasteiger partial charge in [0.15, 0.2) is 0 Å². The number of nitro groups is 1. The molecule has 45 heavy (non-hydrogen) atoms. The Morgan fingerprint density at radius 3 is 2.02 bits per heavy atom. The van der Waals surface area contributed by atoms with Crippen LogP contribution in [0.5, 0.6) is 0 Å². The lowest BCUT2D eigenvalue weighted by molar-refractivity contribution is -0.384. The van der Waals surface area contributed by atoms with Crippen molar-refractivity contribution < 1.29 is 22.9 Å². The van der Waals surface area contributed by atoms with E-state index in [1.807, 2.05) is 12.1 Å². The second kappa shape index (κ2) is 13.3. The number of nitro benzene ring substituents is 1. The van der Waals surface area contributed by atoms with Gasteiger partial charge < -0.3 is 4.90 Å². The number of nitrogens with zero attached hydrogens (tertiary/aromatic N) is 3. The molecule has 5 aromatic rings. The lowest BCUT2D eigenvalue weighted by Crippen LogP contribution is -2.40. The van der Waals surface area contributed by atoms with Crippen LogP contribution in [0, 0.1) is 10.1 Å². The number of carbonyl (C=O) groups is 2. The Bertz CT molecular complexity index is 2000. The molecule has 0 bridgehead atoms. The standard InChI is InChI=1S/C33H25Br2N3O6S/c1-36(45(43,44)30-16-13-22-7-5-6-10-25(22)17-30)32(39)21-31(23-11-14-28(15-12-23)38(41)42)37(29-19-26(34)18-27(35)20-29)33(40)24-8-3-2-4-9-24/h2-20,31H,21H2,1H3/t31-/m1/s1. The molecule has 0 N–H and O–H groups in total. The molecule has 0 aliphatic heterocycles. The molecule has 0 heterocycles. The van der Waals surface area contributed by atoms with Gasteiger partial charge in [-0.15, -0.1) is 0 Å². The summed E-state index contributed by atoms with van der Waals surface area (Å²) in [6.45, 7) is 0. The molecule has 0 aliphatic rings. The number of hydrogen-bond donors (Lipinski definition) is 0. The second-order valence-electron chi connectivity index (χ2n) is 10.1. The van der Waals surface area contributed by atoms with Crippen LogP contribution in [-0.2, 0) is 14.8 Å². The summed E-state index contributed by atoms with van der Waals surface area (Å²) in [6.07, 6.45) is -0.455. The van der Waals surface area contributed by atoms with Crippen molar-refractivity contribution in [1.29, 1.82) is 0 Å². The predicted octanol–water partition coefficient (Wildman–Crippen LogP) is 7.90. The van der Waals surface area contributed by atoms with Crippen molar-refractivity contribution in [2.75, 3.05) is 11.9 Å². The molecule has 5 aromatic carbocycles. The van der Waals surface area contributed by atoms with Crippen molar-refractivity contribution in [3.63, 3.8) is 0 Å². The van der Waals surface area contributed by atoms with E-state index in [-0.39, 0.29) is 10.6 Å². The topological polar surface area (TPSA) is 118 Å². The average molecular weight is 751 g/mol. The Morgan fingerprint density at radius 2 is 1.40 bits per heavy atom. The molecule has 0 unspecified atom stereocenters. The Labute approximate surface area is 276 Å². The highest BCUT2D eigenvalue weighted by Crippen LogP contribution is 2.36. The summed E-state index contributed by atoms with van der Waals surface area (Å²) in [7, 11) is -3.10. The van der Waals surface area contributed by atoms with Crippen LogP contribution in [-0.4, -0.2) is 36.5 Å². The summed E-state index contributed by atoms with van der Waals surface area (Å²) in [5.74, 6) is -1.25. The van der Waals surface area contributed by atoms with Gasteiger partial charge in [-0.2, -0.15) is 0 Å². The summed E-state index contributed by atoms with van der Waals surface area (Å²) in [5, 5.41) is 12.9. The van der Waals surface area contributed by atoms with Gasteiger partial charge in [0.05, 0.1) is 22.3 Å². The summed E-state index contributed by atoms with van der Waals surface area (Å²) >= 11 is 6.93. The molecule has 0 aliphatic carbocycles. The maximum atomic E-state index is 14.2. The van der Waals surface area contributed by atoms with Crippen molar-refractivity contribution in [3.05, 3.63) is 145 Å². The molecule has 0 spiro atoms. The highest BCUT2D eigenvalue weighted by Gasteiger charge is 2.34. The molecular weight excluding hydrogens is 726 g/mol. The van der Waals surface area contributed by atoms with Gasteiger partial charge in [-0.25, -0.2) is 12.7 Å². The number of fused-ring (bicyclic) bond motifs is 1. The number of carbonyl (C=O) groups excluding carboxylic acids is 2. The number of non-ortho nitro benzene ring substituents is 1. The fourth-order valence-electron chi connectivity index (χ4n) is 4.93. The minimum atomic E-state index is -4.28. The number of sulfonamides is 1. The fourth-order valence-corrected chi connectivity index (χ4v) is 7.37. The fraction of sp³-hybridized carbons (Fsp3) is 0.0909. The molecule has 228 valence electrons. The zero-order chi connectivity index (χ0) is 32.3. The van der Waals surface area contributed by atoms with E-state index in [9.17, 15) is 28.1 Å². The largest absolute Gasteiger partial charge is 0.300 e. The first-order chi connectivity index (χ1) is 21.5. The minimum absolute atomic E-state index is 0.0583. The molecular formula is C33H25Br2N3O6S. The van der Waals surface area contributed by atoms with Crippen LogP contribution in [0.2, 0.25) is 0 Å². The van der Waals surface area contributed by atoms with Crippen molar-refractivity contribution >= 4 is 75.8 Å². The number of rotatable bonds is 9. The van der Waals surface area contributed by atoms with E-state index in [1.165, 1.54) is 48.3 Å². The molecule has 0 radical (unpaired) electrons. The van der Waals surface area contributed by atoms with Crippen LogP contribution < -0.4 is 4.90 Å². The summed E-state index contributed by atoms with van der Waals surface area (Å²) in [5.41, 5.74) is 0.947. The molecule has 0 saturated carbocycles. The Hall–Kier alpha value is -4.39. The molecule has 0 saturated heterocycles. The van der Waals surface area contributed by atoms with Crippen LogP contribution in [0.1, 0.15) is 28.4 Å². The van der Waals surface area contributed by atoms with Crippen molar-refractivity contribution in [2.45, 2.75) is 17.4 Å². The minimum Gasteiger partial charge on any atom is -0.300 e. The van der Waals surface area contributed by atoms with Gasteiger partial charge in [0.1, 0.15) is 0 Å². The van der Waals surface area contributed by atoms with Crippen LogP contribution in [0.25, 0.3) is 10.8 Å². The zero-order valence-corrected chi connectivity index (χ0v) is 27.7. The third-order valence-electron chi connectivity index (χ3n) is 7.26. The summed E-state index contributed by atoms with van der Waals surface area (Å²) in [6, 6.07) is 30.0. The maximum Gasteiger partial charge on any atom is 0.269 e. The summed E-state index contributed by atoms with van der Waals surface area (Å²) in [4.78, 5) is 40.3. The lowest BCUT2D eigenvalue weighted by Gasteiger charge is -2.33. The molecule has 1 atom stereocenters. The van der Waals surface area contributed by atoms with Gasteiger partial charge in [0, 0.05) is 39.4 Å². The van der Waals surface area contributed by atoms with Crippen LogP contribution >= 0.6 is 31.9 Å². The number of anilines is 1. The van der Waals surface area contributed by atoms with Crippen LogP contribution in [0.15, 0.2) is 129 Å². The first kappa shape index (κ1) is 32.0. The summed E-state index contributed by atoms with van der Waals surface area (Å²) < 4.78 is 29.3. The Kier molecular flexibility index (Phi) is 9.47. The van der Waals surface area contributed by atoms with E-state index in [2.05, 4.69) is 31.9 Å². The van der Waals surface area contributed by atoms with Crippen molar-refractivity contribution in [1.82, 2.24) is 4.31 Å². The molecule has 0 aromatic heterocycles. The van der Waals surface area contributed by atoms with Gasteiger partial charge in [0.25, 0.3) is 21.6 Å².